The normalized spacial score (nSPS) is 16.1. The molecular formula is C124H132N4. The highest BCUT2D eigenvalue weighted by Gasteiger charge is 2.48. The minimum atomic E-state index is 0.0193. The first-order chi connectivity index (χ1) is 60.5. The zero-order valence-electron chi connectivity index (χ0n) is 81.5. The van der Waals surface area contributed by atoms with E-state index in [9.17, 15) is 0 Å². The van der Waals surface area contributed by atoms with Gasteiger partial charge < -0.3 is 19.6 Å². The molecule has 24 rings (SSSR count). The number of rotatable bonds is 0. The Morgan fingerprint density at radius 3 is 0.461 bits per heavy atom. The molecule has 16 aromatic carbocycles. The van der Waals surface area contributed by atoms with Gasteiger partial charge in [-0.15, -0.1) is 0 Å². The Labute approximate surface area is 765 Å². The van der Waals surface area contributed by atoms with Crippen LogP contribution in [-0.2, 0) is 43.3 Å². The van der Waals surface area contributed by atoms with Crippen LogP contribution in [0.25, 0.3) is 132 Å². The van der Waals surface area contributed by atoms with E-state index in [4.69, 9.17) is 0 Å². The Morgan fingerprint density at radius 2 is 0.273 bits per heavy atom. The lowest BCUT2D eigenvalue weighted by molar-refractivity contribution is 0.505. The van der Waals surface area contributed by atoms with E-state index in [1.807, 2.05) is 104 Å². The van der Waals surface area contributed by atoms with Crippen molar-refractivity contribution in [1.29, 1.82) is 0 Å². The molecule has 0 N–H and O–H groups in total. The van der Waals surface area contributed by atoms with Gasteiger partial charge in [-0.3, -0.25) is 0 Å². The average Bonchev–Trinajstić information content (AvgIpc) is 1.55. The molecule has 0 radical (unpaired) electrons. The summed E-state index contributed by atoms with van der Waals surface area (Å²) >= 11 is 0. The Balaban J connectivity index is 0.000000113. The smallest absolute Gasteiger partial charge is 0.0159 e. The average molecular weight is 1680 g/mol. The first-order valence-corrected chi connectivity index (χ1v) is 46.2. The largest absolute Gasteiger partial charge is 0.312 e. The van der Waals surface area contributed by atoms with Gasteiger partial charge in [0.15, 0.2) is 0 Å². The number of nitrogens with zero attached hydrogens (tertiary/aromatic N) is 4. The fourth-order valence-electron chi connectivity index (χ4n) is 22.8. The second-order valence-electron chi connectivity index (χ2n) is 43.2. The standard InChI is InChI=1S/4C28H24.4C3H9N/c4*1-27(2)22-12-8-7-11-19(22)20-15-25-21(16-24(20)27)26-18-10-6-5-9-17(18)13-14-23(26)28(25,3)4;4*1-4(2)3/h4*5-16H,1-4H3;4*1-3H3. The molecule has 0 spiro atoms. The summed E-state index contributed by atoms with van der Waals surface area (Å²) < 4.78 is 0. The van der Waals surface area contributed by atoms with E-state index in [0.29, 0.717) is 0 Å². The van der Waals surface area contributed by atoms with E-state index in [0.717, 1.165) is 0 Å². The SMILES string of the molecule is CC1(C)c2ccccc2-c2cc3c(cc21)-c1c(ccc2ccccc12)C3(C)C.CC1(C)c2ccccc2-c2cc3c(cc21)-c1c(ccc2ccccc12)C3(C)C.CC1(C)c2ccccc2-c2cc3c(cc21)-c1c(ccc2ccccc12)C3(C)C.CC1(C)c2ccccc2-c2cc3c(cc21)-c1c(ccc2ccccc12)C3(C)C.CN(C)C.CN(C)C.CN(C)C.CN(C)C. The molecule has 0 atom stereocenters. The Hall–Kier alpha value is -11.6. The fraction of sp³-hybridized carbons (Fsp3) is 0.290. The van der Waals surface area contributed by atoms with Crippen LogP contribution in [0.1, 0.15) is 200 Å². The molecule has 4 heteroatoms. The van der Waals surface area contributed by atoms with E-state index >= 15 is 0 Å². The lowest BCUT2D eigenvalue weighted by Crippen LogP contribution is -2.16. The predicted molar refractivity (Wildman–Crippen MR) is 555 cm³/mol. The highest BCUT2D eigenvalue weighted by atomic mass is 15.0. The van der Waals surface area contributed by atoms with Gasteiger partial charge in [-0.2, -0.15) is 0 Å². The summed E-state index contributed by atoms with van der Waals surface area (Å²) in [6.45, 7) is 38.0. The van der Waals surface area contributed by atoms with Crippen molar-refractivity contribution >= 4 is 43.1 Å². The molecule has 8 aliphatic rings. The van der Waals surface area contributed by atoms with Crippen LogP contribution in [0, 0.1) is 0 Å². The van der Waals surface area contributed by atoms with Crippen LogP contribution >= 0.6 is 0 Å². The van der Waals surface area contributed by atoms with Crippen molar-refractivity contribution < 1.29 is 0 Å². The van der Waals surface area contributed by atoms with Crippen LogP contribution < -0.4 is 0 Å². The van der Waals surface area contributed by atoms with Crippen molar-refractivity contribution in [1.82, 2.24) is 19.6 Å². The maximum absolute atomic E-state index is 2.50. The molecule has 0 unspecified atom stereocenters. The summed E-state index contributed by atoms with van der Waals surface area (Å²) in [5, 5.41) is 10.8. The lowest BCUT2D eigenvalue weighted by Gasteiger charge is -2.24. The summed E-state index contributed by atoms with van der Waals surface area (Å²) in [4.78, 5) is 8.00. The molecular weight excluding hydrogens is 1550 g/mol. The minimum Gasteiger partial charge on any atom is -0.312 e. The molecule has 0 bridgehead atoms. The number of hydrogen-bond donors (Lipinski definition) is 0. The summed E-state index contributed by atoms with van der Waals surface area (Å²) in [7, 11) is 24.0. The third kappa shape index (κ3) is 14.3. The fourth-order valence-corrected chi connectivity index (χ4v) is 22.8. The van der Waals surface area contributed by atoms with Gasteiger partial charge in [0, 0.05) is 43.3 Å². The highest BCUT2D eigenvalue weighted by Crippen LogP contribution is 2.63. The predicted octanol–water partition coefficient (Wildman–Crippen LogP) is 30.5. The van der Waals surface area contributed by atoms with Gasteiger partial charge in [0.1, 0.15) is 0 Å². The van der Waals surface area contributed by atoms with Crippen LogP contribution in [0.4, 0.5) is 0 Å². The van der Waals surface area contributed by atoms with Crippen LogP contribution in [0.15, 0.2) is 291 Å². The molecule has 128 heavy (non-hydrogen) atoms. The first-order valence-electron chi connectivity index (χ1n) is 46.2. The van der Waals surface area contributed by atoms with Gasteiger partial charge >= 0.3 is 0 Å². The monoisotopic (exact) mass is 1680 g/mol. The maximum atomic E-state index is 2.50. The van der Waals surface area contributed by atoms with Gasteiger partial charge in [0.25, 0.3) is 0 Å². The van der Waals surface area contributed by atoms with Crippen molar-refractivity contribution in [3.05, 3.63) is 380 Å². The second-order valence-corrected chi connectivity index (χ2v) is 43.2. The lowest BCUT2D eigenvalue weighted by atomic mass is 9.79. The van der Waals surface area contributed by atoms with Crippen molar-refractivity contribution in [3.63, 3.8) is 0 Å². The van der Waals surface area contributed by atoms with Crippen LogP contribution in [0.5, 0.6) is 0 Å². The Kier molecular flexibility index (Phi) is 22.3. The van der Waals surface area contributed by atoms with Crippen molar-refractivity contribution in [2.75, 3.05) is 84.6 Å². The molecule has 0 aromatic heterocycles. The quantitative estimate of drug-likeness (QED) is 0.150. The summed E-state index contributed by atoms with van der Waals surface area (Å²) in [6, 6.07) is 110. The van der Waals surface area contributed by atoms with Crippen LogP contribution in [-0.4, -0.2) is 104 Å². The van der Waals surface area contributed by atoms with E-state index in [2.05, 4.69) is 402 Å². The van der Waals surface area contributed by atoms with Crippen molar-refractivity contribution in [3.8, 4) is 89.0 Å². The third-order valence-electron chi connectivity index (χ3n) is 29.1. The van der Waals surface area contributed by atoms with E-state index < -0.39 is 0 Å². The summed E-state index contributed by atoms with van der Waals surface area (Å²) in [5.41, 5.74) is 46.3. The molecule has 0 fully saturated rings. The number of hydrogen-bond acceptors (Lipinski definition) is 4. The summed E-state index contributed by atoms with van der Waals surface area (Å²) in [6.07, 6.45) is 0. The van der Waals surface area contributed by atoms with Gasteiger partial charge in [0.2, 0.25) is 0 Å². The Morgan fingerprint density at radius 1 is 0.133 bits per heavy atom. The third-order valence-corrected chi connectivity index (χ3v) is 29.1. The molecule has 0 aliphatic heterocycles. The van der Waals surface area contributed by atoms with E-state index in [-0.39, 0.29) is 43.3 Å². The molecule has 0 heterocycles. The number of fused-ring (bicyclic) bond motifs is 32. The highest BCUT2D eigenvalue weighted by molar-refractivity contribution is 6.08. The zero-order chi connectivity index (χ0) is 91.3. The zero-order valence-corrected chi connectivity index (χ0v) is 81.5. The van der Waals surface area contributed by atoms with E-state index in [1.54, 1.807) is 0 Å². The van der Waals surface area contributed by atoms with Crippen LogP contribution in [0.2, 0.25) is 0 Å². The summed E-state index contributed by atoms with van der Waals surface area (Å²) in [5.74, 6) is 0. The topological polar surface area (TPSA) is 13.0 Å². The van der Waals surface area contributed by atoms with Gasteiger partial charge in [0.05, 0.1) is 0 Å². The van der Waals surface area contributed by atoms with Crippen molar-refractivity contribution in [2.24, 2.45) is 0 Å². The van der Waals surface area contributed by atoms with Gasteiger partial charge in [-0.25, -0.2) is 0 Å². The molecule has 8 aliphatic carbocycles. The molecule has 648 valence electrons. The first kappa shape index (κ1) is 88.4. The van der Waals surface area contributed by atoms with Gasteiger partial charge in [-0.1, -0.05) is 353 Å². The molecule has 0 saturated carbocycles. The minimum absolute atomic E-state index is 0.0193. The maximum Gasteiger partial charge on any atom is 0.0159 e. The molecule has 0 saturated heterocycles. The van der Waals surface area contributed by atoms with Crippen LogP contribution in [0.3, 0.4) is 0 Å². The van der Waals surface area contributed by atoms with Gasteiger partial charge in [-0.05, 0) is 354 Å². The van der Waals surface area contributed by atoms with Crippen molar-refractivity contribution in [2.45, 2.75) is 154 Å². The van der Waals surface area contributed by atoms with E-state index in [1.165, 1.54) is 221 Å². The molecule has 16 aromatic rings. The molecule has 4 nitrogen and oxygen atoms in total. The number of benzene rings is 16. The Bertz CT molecular complexity index is 6260. The molecule has 0 amide bonds. The second kappa shape index (κ2) is 32.3.